The van der Waals surface area contributed by atoms with Gasteiger partial charge in [0.05, 0.1) is 16.9 Å². The highest BCUT2D eigenvalue weighted by molar-refractivity contribution is 6.31. The summed E-state index contributed by atoms with van der Waals surface area (Å²) in [4.78, 5) is 12.6. The van der Waals surface area contributed by atoms with E-state index >= 15 is 0 Å². The smallest absolute Gasteiger partial charge is 0.187 e. The first-order chi connectivity index (χ1) is 13.0. The second-order valence-corrected chi connectivity index (χ2v) is 6.43. The van der Waals surface area contributed by atoms with Crippen molar-refractivity contribution in [1.82, 2.24) is 19.6 Å². The van der Waals surface area contributed by atoms with Crippen molar-refractivity contribution in [2.75, 3.05) is 10.9 Å². The normalized spacial score (nSPS) is 11.1. The second-order valence-electron chi connectivity index (χ2n) is 6.00. The highest BCUT2D eigenvalue weighted by atomic mass is 35.5. The van der Waals surface area contributed by atoms with E-state index in [1.165, 1.54) is 15.9 Å². The number of aryl methyl sites for hydroxylation is 1. The minimum absolute atomic E-state index is 0.0535. The molecule has 0 spiro atoms. The van der Waals surface area contributed by atoms with Gasteiger partial charge in [0, 0.05) is 23.3 Å². The Morgan fingerprint density at radius 2 is 1.96 bits per heavy atom. The molecule has 4 rings (SSSR count). The molecule has 136 valence electrons. The molecule has 4 N–H and O–H groups in total. The van der Waals surface area contributed by atoms with Crippen molar-refractivity contribution in [2.24, 2.45) is 5.84 Å². The third kappa shape index (κ3) is 2.94. The van der Waals surface area contributed by atoms with Gasteiger partial charge in [-0.1, -0.05) is 29.8 Å². The zero-order valence-electron chi connectivity index (χ0n) is 14.3. The topological polar surface area (TPSA) is 98.9 Å². The Hall–Kier alpha value is -3.23. The van der Waals surface area contributed by atoms with Crippen molar-refractivity contribution in [3.63, 3.8) is 0 Å². The molecule has 0 saturated heterocycles. The Balaban J connectivity index is 1.87. The minimum Gasteiger partial charge on any atom is -0.338 e. The Morgan fingerprint density at radius 3 is 2.74 bits per heavy atom. The highest BCUT2D eigenvalue weighted by Crippen LogP contribution is 2.31. The van der Waals surface area contributed by atoms with Crippen LogP contribution in [0.4, 0.5) is 15.9 Å². The molecule has 0 radical (unpaired) electrons. The van der Waals surface area contributed by atoms with Gasteiger partial charge in [0.15, 0.2) is 23.1 Å². The first-order valence-electron chi connectivity index (χ1n) is 8.00. The van der Waals surface area contributed by atoms with Crippen LogP contribution in [0.15, 0.2) is 48.9 Å². The van der Waals surface area contributed by atoms with Gasteiger partial charge in [0.2, 0.25) is 0 Å². The third-order valence-electron chi connectivity index (χ3n) is 4.21. The molecule has 0 fully saturated rings. The number of pyridine rings is 1. The molecule has 1 aromatic carbocycles. The van der Waals surface area contributed by atoms with Crippen molar-refractivity contribution in [3.8, 4) is 11.4 Å². The maximum Gasteiger partial charge on any atom is 0.187 e. The van der Waals surface area contributed by atoms with Crippen LogP contribution in [0.1, 0.15) is 5.56 Å². The number of fused-ring (bicyclic) bond motifs is 1. The Morgan fingerprint density at radius 1 is 1.19 bits per heavy atom. The molecule has 0 amide bonds. The van der Waals surface area contributed by atoms with Crippen molar-refractivity contribution in [3.05, 3.63) is 65.3 Å². The van der Waals surface area contributed by atoms with Gasteiger partial charge < -0.3 is 5.84 Å². The lowest BCUT2D eigenvalue weighted by molar-refractivity contribution is 0.612. The first-order valence-corrected chi connectivity index (χ1v) is 8.38. The number of rotatable bonds is 3. The standard InChI is InChI=1S/C18H15ClFN7/c1-10-4-2-3-5-15(10)27(22)18-14(20)8-23-16(25-18)13-9-26(21)17-12(13)6-11(19)7-24-17/h2-9H,21-22H2,1H3. The molecule has 0 aliphatic heterocycles. The predicted octanol–water partition coefficient (Wildman–Crippen LogP) is 3.32. The molecule has 0 saturated carbocycles. The molecule has 0 unspecified atom stereocenters. The predicted molar refractivity (Wildman–Crippen MR) is 103 cm³/mol. The van der Waals surface area contributed by atoms with Gasteiger partial charge >= 0.3 is 0 Å². The van der Waals surface area contributed by atoms with Gasteiger partial charge in [-0.15, -0.1) is 0 Å². The van der Waals surface area contributed by atoms with E-state index in [0.29, 0.717) is 27.3 Å². The summed E-state index contributed by atoms with van der Waals surface area (Å²) in [6.07, 6.45) is 4.18. The Kier molecular flexibility index (Phi) is 4.14. The summed E-state index contributed by atoms with van der Waals surface area (Å²) >= 11 is 6.05. The number of halogens is 2. The fourth-order valence-electron chi connectivity index (χ4n) is 2.89. The van der Waals surface area contributed by atoms with Gasteiger partial charge in [-0.25, -0.2) is 25.2 Å². The minimum atomic E-state index is -0.642. The van der Waals surface area contributed by atoms with Crippen LogP contribution in [0.5, 0.6) is 0 Å². The first kappa shape index (κ1) is 17.2. The van der Waals surface area contributed by atoms with E-state index in [9.17, 15) is 4.39 Å². The zero-order chi connectivity index (χ0) is 19.1. The number of aromatic nitrogens is 4. The van der Waals surface area contributed by atoms with Crippen molar-refractivity contribution in [1.29, 1.82) is 0 Å². The van der Waals surface area contributed by atoms with Crippen LogP contribution >= 0.6 is 11.6 Å². The number of anilines is 2. The number of benzene rings is 1. The molecule has 27 heavy (non-hydrogen) atoms. The van der Waals surface area contributed by atoms with Crippen molar-refractivity contribution in [2.45, 2.75) is 6.92 Å². The summed E-state index contributed by atoms with van der Waals surface area (Å²) in [5.41, 5.74) is 2.59. The number of para-hydroxylation sites is 1. The molecule has 0 aliphatic rings. The van der Waals surface area contributed by atoms with Gasteiger partial charge in [0.25, 0.3) is 0 Å². The average molecular weight is 384 g/mol. The molecule has 3 heterocycles. The molecule has 0 aliphatic carbocycles. The van der Waals surface area contributed by atoms with Gasteiger partial charge in [0.1, 0.15) is 0 Å². The van der Waals surface area contributed by atoms with E-state index in [1.54, 1.807) is 18.3 Å². The quantitative estimate of drug-likeness (QED) is 0.416. The van der Waals surface area contributed by atoms with Crippen molar-refractivity contribution < 1.29 is 4.39 Å². The van der Waals surface area contributed by atoms with Gasteiger partial charge in [-0.05, 0) is 24.6 Å². The number of hydrazine groups is 1. The molecule has 3 aromatic heterocycles. The maximum absolute atomic E-state index is 14.4. The number of hydrogen-bond donors (Lipinski definition) is 2. The van der Waals surface area contributed by atoms with Crippen LogP contribution in [-0.4, -0.2) is 19.6 Å². The highest BCUT2D eigenvalue weighted by Gasteiger charge is 2.19. The van der Waals surface area contributed by atoms with Crippen molar-refractivity contribution >= 4 is 34.1 Å². The lowest BCUT2D eigenvalue weighted by Gasteiger charge is -2.20. The van der Waals surface area contributed by atoms with E-state index in [4.69, 9.17) is 23.3 Å². The lowest BCUT2D eigenvalue weighted by atomic mass is 10.2. The van der Waals surface area contributed by atoms with Crippen LogP contribution in [0.2, 0.25) is 5.02 Å². The summed E-state index contributed by atoms with van der Waals surface area (Å²) in [5.74, 6) is 11.7. The molecule has 9 heteroatoms. The molecule has 4 aromatic rings. The van der Waals surface area contributed by atoms with Crippen LogP contribution in [-0.2, 0) is 0 Å². The summed E-state index contributed by atoms with van der Waals surface area (Å²) in [6, 6.07) is 9.06. The molecular weight excluding hydrogens is 369 g/mol. The van der Waals surface area contributed by atoms with E-state index in [1.807, 2.05) is 25.1 Å². The summed E-state index contributed by atoms with van der Waals surface area (Å²) < 4.78 is 15.8. The summed E-state index contributed by atoms with van der Waals surface area (Å²) in [6.45, 7) is 1.88. The molecule has 0 atom stereocenters. The van der Waals surface area contributed by atoms with E-state index in [2.05, 4.69) is 15.0 Å². The van der Waals surface area contributed by atoms with E-state index in [-0.39, 0.29) is 11.6 Å². The largest absolute Gasteiger partial charge is 0.338 e. The average Bonchev–Trinajstić information content (AvgIpc) is 2.98. The number of nitrogens with two attached hydrogens (primary N) is 2. The van der Waals surface area contributed by atoms with E-state index in [0.717, 1.165) is 11.8 Å². The molecular formula is C18H15ClFN7. The SMILES string of the molecule is Cc1ccccc1N(N)c1nc(-c2cn(N)c3ncc(Cl)cc23)ncc1F. The Labute approximate surface area is 159 Å². The monoisotopic (exact) mass is 383 g/mol. The van der Waals surface area contributed by atoms with E-state index < -0.39 is 5.82 Å². The van der Waals surface area contributed by atoms with Crippen LogP contribution in [0.25, 0.3) is 22.4 Å². The maximum atomic E-state index is 14.4. The molecule has 7 nitrogen and oxygen atoms in total. The fourth-order valence-corrected chi connectivity index (χ4v) is 3.05. The van der Waals surface area contributed by atoms with Gasteiger partial charge in [-0.2, -0.15) is 0 Å². The molecule has 0 bridgehead atoms. The zero-order valence-corrected chi connectivity index (χ0v) is 15.0. The third-order valence-corrected chi connectivity index (χ3v) is 4.41. The van der Waals surface area contributed by atoms with Crippen LogP contribution in [0, 0.1) is 12.7 Å². The van der Waals surface area contributed by atoms with Gasteiger partial charge in [-0.3, -0.25) is 9.69 Å². The summed E-state index contributed by atoms with van der Waals surface area (Å²) in [7, 11) is 0. The second kappa shape index (κ2) is 6.49. The Bertz CT molecular complexity index is 1160. The lowest BCUT2D eigenvalue weighted by Crippen LogP contribution is -2.28. The van der Waals surface area contributed by atoms with Crippen LogP contribution in [0.3, 0.4) is 0 Å². The number of nitrogen functional groups attached to an aromatic ring is 1. The summed E-state index contributed by atoms with van der Waals surface area (Å²) in [5, 5.41) is 2.29. The fraction of sp³-hybridized carbons (Fsp3) is 0.0556. The number of nitrogens with zero attached hydrogens (tertiary/aromatic N) is 5. The van der Waals surface area contributed by atoms with Crippen LogP contribution < -0.4 is 16.7 Å². The number of hydrogen-bond acceptors (Lipinski definition) is 6.